The van der Waals surface area contributed by atoms with Crippen LogP contribution in [0.4, 0.5) is 4.39 Å². The SMILES string of the molecule is CC(c1cccs1)N(C)C(CN)c1ccc(F)cc1Cl. The summed E-state index contributed by atoms with van der Waals surface area (Å²) in [5, 5.41) is 2.48. The highest BCUT2D eigenvalue weighted by Crippen LogP contribution is 2.33. The summed E-state index contributed by atoms with van der Waals surface area (Å²) in [4.78, 5) is 3.44. The zero-order valence-corrected chi connectivity index (χ0v) is 13.1. The van der Waals surface area contributed by atoms with E-state index in [-0.39, 0.29) is 17.9 Å². The van der Waals surface area contributed by atoms with E-state index in [1.165, 1.54) is 17.0 Å². The maximum absolute atomic E-state index is 13.2. The van der Waals surface area contributed by atoms with Gasteiger partial charge in [0.05, 0.1) is 0 Å². The molecule has 0 aliphatic rings. The highest BCUT2D eigenvalue weighted by molar-refractivity contribution is 7.10. The first-order chi connectivity index (χ1) is 9.54. The van der Waals surface area contributed by atoms with Crippen LogP contribution >= 0.6 is 22.9 Å². The van der Waals surface area contributed by atoms with Crippen LogP contribution in [0.3, 0.4) is 0 Å². The minimum Gasteiger partial charge on any atom is -0.329 e. The minimum atomic E-state index is -0.330. The fourth-order valence-electron chi connectivity index (χ4n) is 2.28. The zero-order chi connectivity index (χ0) is 14.7. The van der Waals surface area contributed by atoms with Crippen LogP contribution in [-0.4, -0.2) is 18.5 Å². The summed E-state index contributed by atoms with van der Waals surface area (Å²) in [6, 6.07) is 8.80. The third kappa shape index (κ3) is 3.20. The van der Waals surface area contributed by atoms with Gasteiger partial charge < -0.3 is 5.73 Å². The molecule has 0 aliphatic heterocycles. The maximum Gasteiger partial charge on any atom is 0.124 e. The Bertz CT molecular complexity index is 559. The average Bonchev–Trinajstić information content (AvgIpc) is 2.94. The van der Waals surface area contributed by atoms with Gasteiger partial charge in [-0.1, -0.05) is 23.7 Å². The van der Waals surface area contributed by atoms with Crippen molar-refractivity contribution in [2.75, 3.05) is 13.6 Å². The molecular formula is C15H18ClFN2S. The van der Waals surface area contributed by atoms with Gasteiger partial charge in [0, 0.05) is 28.5 Å². The van der Waals surface area contributed by atoms with Gasteiger partial charge in [-0.15, -0.1) is 11.3 Å². The van der Waals surface area contributed by atoms with Crippen molar-refractivity contribution >= 4 is 22.9 Å². The topological polar surface area (TPSA) is 29.3 Å². The molecule has 2 aromatic rings. The molecule has 108 valence electrons. The van der Waals surface area contributed by atoms with Gasteiger partial charge in [0.2, 0.25) is 0 Å². The molecule has 0 saturated heterocycles. The van der Waals surface area contributed by atoms with Gasteiger partial charge in [0.15, 0.2) is 0 Å². The molecule has 0 aliphatic carbocycles. The van der Waals surface area contributed by atoms with Crippen LogP contribution in [0.5, 0.6) is 0 Å². The number of halogens is 2. The van der Waals surface area contributed by atoms with Crippen molar-refractivity contribution in [2.45, 2.75) is 19.0 Å². The highest BCUT2D eigenvalue weighted by atomic mass is 35.5. The largest absolute Gasteiger partial charge is 0.329 e. The predicted octanol–water partition coefficient (Wildman–Crippen LogP) is 4.23. The Balaban J connectivity index is 2.27. The second kappa shape index (κ2) is 6.68. The summed E-state index contributed by atoms with van der Waals surface area (Å²) in [6.07, 6.45) is 0. The van der Waals surface area contributed by atoms with E-state index < -0.39 is 0 Å². The standard InChI is InChI=1S/C15H18ClFN2S/c1-10(15-4-3-7-20-15)19(2)14(9-18)12-6-5-11(17)8-13(12)16/h3-8,10,14H,9,18H2,1-2H3. The smallest absolute Gasteiger partial charge is 0.124 e. The number of thiophene rings is 1. The van der Waals surface area contributed by atoms with Gasteiger partial charge in [0.1, 0.15) is 5.82 Å². The molecule has 0 saturated carbocycles. The lowest BCUT2D eigenvalue weighted by molar-refractivity contribution is 0.193. The number of nitrogens with two attached hydrogens (primary N) is 1. The first-order valence-corrected chi connectivity index (χ1v) is 7.70. The maximum atomic E-state index is 13.2. The summed E-state index contributed by atoms with van der Waals surface area (Å²) in [7, 11) is 2.02. The predicted molar refractivity (Wildman–Crippen MR) is 83.7 cm³/mol. The summed E-state index contributed by atoms with van der Waals surface area (Å²) in [6.45, 7) is 2.56. The first-order valence-electron chi connectivity index (χ1n) is 6.45. The van der Waals surface area contributed by atoms with Crippen molar-refractivity contribution in [3.63, 3.8) is 0 Å². The van der Waals surface area contributed by atoms with Crippen LogP contribution in [0.15, 0.2) is 35.7 Å². The monoisotopic (exact) mass is 312 g/mol. The molecule has 2 atom stereocenters. The highest BCUT2D eigenvalue weighted by Gasteiger charge is 2.23. The molecule has 0 fully saturated rings. The van der Waals surface area contributed by atoms with Crippen molar-refractivity contribution in [3.05, 3.63) is 57.0 Å². The quantitative estimate of drug-likeness (QED) is 0.895. The molecule has 2 N–H and O–H groups in total. The zero-order valence-electron chi connectivity index (χ0n) is 11.5. The lowest BCUT2D eigenvalue weighted by Crippen LogP contribution is -2.32. The van der Waals surface area contributed by atoms with Crippen LogP contribution in [0.1, 0.15) is 29.4 Å². The molecule has 0 amide bonds. The van der Waals surface area contributed by atoms with Crippen molar-refractivity contribution in [1.29, 1.82) is 0 Å². The Labute approximate surface area is 128 Å². The van der Waals surface area contributed by atoms with E-state index in [1.807, 2.05) is 13.1 Å². The number of benzene rings is 1. The van der Waals surface area contributed by atoms with E-state index >= 15 is 0 Å². The number of rotatable bonds is 5. The van der Waals surface area contributed by atoms with Crippen LogP contribution in [0.2, 0.25) is 5.02 Å². The molecule has 20 heavy (non-hydrogen) atoms. The molecule has 0 bridgehead atoms. The summed E-state index contributed by atoms with van der Waals surface area (Å²) in [5.74, 6) is -0.330. The van der Waals surface area contributed by atoms with Crippen LogP contribution in [-0.2, 0) is 0 Å². The molecule has 0 spiro atoms. The van der Waals surface area contributed by atoms with Gasteiger partial charge in [0.25, 0.3) is 0 Å². The van der Waals surface area contributed by atoms with Crippen molar-refractivity contribution in [1.82, 2.24) is 4.90 Å². The number of hydrogen-bond acceptors (Lipinski definition) is 3. The van der Waals surface area contributed by atoms with E-state index in [4.69, 9.17) is 17.3 Å². The lowest BCUT2D eigenvalue weighted by atomic mass is 10.0. The number of nitrogens with zero attached hydrogens (tertiary/aromatic N) is 1. The van der Waals surface area contributed by atoms with Gasteiger partial charge in [-0.2, -0.15) is 0 Å². The van der Waals surface area contributed by atoms with Crippen LogP contribution < -0.4 is 5.73 Å². The van der Waals surface area contributed by atoms with Crippen LogP contribution in [0, 0.1) is 5.82 Å². The number of likely N-dealkylation sites (N-methyl/N-ethyl adjacent to an activating group) is 1. The lowest BCUT2D eigenvalue weighted by Gasteiger charge is -2.32. The van der Waals surface area contributed by atoms with E-state index in [9.17, 15) is 4.39 Å². The summed E-state index contributed by atoms with van der Waals surface area (Å²) < 4.78 is 13.2. The molecule has 5 heteroatoms. The normalized spacial score (nSPS) is 14.5. The summed E-state index contributed by atoms with van der Waals surface area (Å²) in [5.41, 5.74) is 6.78. The fraction of sp³-hybridized carbons (Fsp3) is 0.333. The summed E-state index contributed by atoms with van der Waals surface area (Å²) >= 11 is 7.87. The van der Waals surface area contributed by atoms with E-state index in [2.05, 4.69) is 23.3 Å². The Hall–Kier alpha value is -0.940. The molecule has 2 unspecified atom stereocenters. The van der Waals surface area contributed by atoms with E-state index in [0.29, 0.717) is 11.6 Å². The van der Waals surface area contributed by atoms with Gasteiger partial charge in [-0.05, 0) is 43.1 Å². The minimum absolute atomic E-state index is 0.0415. The van der Waals surface area contributed by atoms with Gasteiger partial charge >= 0.3 is 0 Å². The Kier molecular flexibility index (Phi) is 5.16. The van der Waals surface area contributed by atoms with Gasteiger partial charge in [-0.25, -0.2) is 4.39 Å². The van der Waals surface area contributed by atoms with Gasteiger partial charge in [-0.3, -0.25) is 4.90 Å². The molecular weight excluding hydrogens is 295 g/mol. The van der Waals surface area contributed by atoms with Crippen LogP contribution in [0.25, 0.3) is 0 Å². The van der Waals surface area contributed by atoms with Crippen molar-refractivity contribution < 1.29 is 4.39 Å². The molecule has 1 aromatic heterocycles. The second-order valence-electron chi connectivity index (χ2n) is 4.77. The Morgan fingerprint density at radius 2 is 2.15 bits per heavy atom. The van der Waals surface area contributed by atoms with E-state index in [0.717, 1.165) is 5.56 Å². The fourth-order valence-corrected chi connectivity index (χ4v) is 3.41. The van der Waals surface area contributed by atoms with Crippen molar-refractivity contribution in [2.24, 2.45) is 5.73 Å². The molecule has 2 nitrogen and oxygen atoms in total. The third-order valence-corrected chi connectivity index (χ3v) is 4.97. The molecule has 1 heterocycles. The number of hydrogen-bond donors (Lipinski definition) is 1. The molecule has 0 radical (unpaired) electrons. The first kappa shape index (κ1) is 15.4. The molecule has 1 aromatic carbocycles. The second-order valence-corrected chi connectivity index (χ2v) is 6.16. The molecule has 2 rings (SSSR count). The Morgan fingerprint density at radius 3 is 2.70 bits per heavy atom. The Morgan fingerprint density at radius 1 is 1.40 bits per heavy atom. The van der Waals surface area contributed by atoms with E-state index in [1.54, 1.807) is 17.4 Å². The average molecular weight is 313 g/mol. The third-order valence-electron chi connectivity index (χ3n) is 3.60. The van der Waals surface area contributed by atoms with Crippen molar-refractivity contribution in [3.8, 4) is 0 Å².